The van der Waals surface area contributed by atoms with Gasteiger partial charge in [0, 0.05) is 25.7 Å². The van der Waals surface area contributed by atoms with Crippen LogP contribution in [0.25, 0.3) is 0 Å². The number of hydrogen-bond donors (Lipinski definition) is 2. The van der Waals surface area contributed by atoms with E-state index < -0.39 is 10.2 Å². The Morgan fingerprint density at radius 1 is 1.28 bits per heavy atom. The largest absolute Gasteiger partial charge is 0.326 e. The Hall–Kier alpha value is -0.170. The Kier molecular flexibility index (Phi) is 6.04. The van der Waals surface area contributed by atoms with Gasteiger partial charge in [0.25, 0.3) is 10.2 Å². The molecule has 3 N–H and O–H groups in total. The minimum absolute atomic E-state index is 0.139. The molecule has 0 heterocycles. The van der Waals surface area contributed by atoms with Crippen molar-refractivity contribution in [3.63, 3.8) is 0 Å². The molecule has 0 aromatic rings. The van der Waals surface area contributed by atoms with E-state index in [1.54, 1.807) is 7.05 Å². The highest BCUT2D eigenvalue weighted by Crippen LogP contribution is 2.22. The fraction of sp³-hybridized carbons (Fsp3) is 1.00. The minimum Gasteiger partial charge on any atom is -0.326 e. The molecule has 0 aromatic heterocycles. The monoisotopic (exact) mass is 277 g/mol. The lowest BCUT2D eigenvalue weighted by Gasteiger charge is -2.30. The van der Waals surface area contributed by atoms with Crippen molar-refractivity contribution in [1.82, 2.24) is 9.03 Å². The fourth-order valence-electron chi connectivity index (χ4n) is 2.18. The van der Waals surface area contributed by atoms with E-state index in [4.69, 9.17) is 5.73 Å². The van der Waals surface area contributed by atoms with Gasteiger partial charge in [0.15, 0.2) is 0 Å². The zero-order chi connectivity index (χ0) is 13.8. The van der Waals surface area contributed by atoms with Gasteiger partial charge in [0.05, 0.1) is 0 Å². The van der Waals surface area contributed by atoms with Crippen LogP contribution in [0.3, 0.4) is 0 Å². The Bertz CT molecular complexity index is 337. The van der Waals surface area contributed by atoms with Gasteiger partial charge in [0.1, 0.15) is 0 Å². The Labute approximate surface area is 111 Å². The molecule has 0 bridgehead atoms. The zero-order valence-corrected chi connectivity index (χ0v) is 12.5. The predicted octanol–water partition coefficient (Wildman–Crippen LogP) is 1.07. The van der Waals surface area contributed by atoms with Crippen molar-refractivity contribution in [3.05, 3.63) is 0 Å². The second-order valence-electron chi connectivity index (χ2n) is 5.57. The lowest BCUT2D eigenvalue weighted by atomic mass is 9.96. The molecule has 1 unspecified atom stereocenters. The third-order valence-corrected chi connectivity index (χ3v) is 5.41. The molecule has 1 aliphatic carbocycles. The summed E-state index contributed by atoms with van der Waals surface area (Å²) in [5.41, 5.74) is 5.86. The number of nitrogens with zero attached hydrogens (tertiary/aromatic N) is 1. The Morgan fingerprint density at radius 2 is 1.83 bits per heavy atom. The van der Waals surface area contributed by atoms with E-state index in [0.717, 1.165) is 25.7 Å². The highest BCUT2D eigenvalue weighted by Gasteiger charge is 2.27. The van der Waals surface area contributed by atoms with Crippen molar-refractivity contribution in [3.8, 4) is 0 Å². The van der Waals surface area contributed by atoms with E-state index >= 15 is 0 Å². The van der Waals surface area contributed by atoms with Crippen LogP contribution in [0.4, 0.5) is 0 Å². The molecule has 6 heteroatoms. The summed E-state index contributed by atoms with van der Waals surface area (Å²) in [6.07, 6.45) is 5.39. The lowest BCUT2D eigenvalue weighted by molar-refractivity contribution is 0.282. The van der Waals surface area contributed by atoms with Crippen LogP contribution in [0.2, 0.25) is 0 Å². The molecule has 18 heavy (non-hydrogen) atoms. The van der Waals surface area contributed by atoms with Crippen LogP contribution >= 0.6 is 0 Å². The van der Waals surface area contributed by atoms with E-state index in [1.165, 1.54) is 10.7 Å². The molecule has 1 fully saturated rings. The molecule has 1 saturated carbocycles. The number of rotatable bonds is 6. The molecule has 0 spiro atoms. The van der Waals surface area contributed by atoms with Gasteiger partial charge in [-0.05, 0) is 18.8 Å². The van der Waals surface area contributed by atoms with Gasteiger partial charge in [-0.1, -0.05) is 33.1 Å². The third-order valence-electron chi connectivity index (χ3n) is 3.83. The first-order chi connectivity index (χ1) is 8.34. The molecule has 1 atom stereocenters. The van der Waals surface area contributed by atoms with E-state index in [1.807, 2.05) is 13.8 Å². The molecule has 1 aliphatic rings. The Balaban J connectivity index is 2.51. The summed E-state index contributed by atoms with van der Waals surface area (Å²) < 4.78 is 28.3. The van der Waals surface area contributed by atoms with E-state index in [-0.39, 0.29) is 18.0 Å². The van der Waals surface area contributed by atoms with Gasteiger partial charge in [-0.25, -0.2) is 4.72 Å². The van der Waals surface area contributed by atoms with Crippen molar-refractivity contribution in [1.29, 1.82) is 0 Å². The van der Waals surface area contributed by atoms with Gasteiger partial charge >= 0.3 is 0 Å². The van der Waals surface area contributed by atoms with Crippen LogP contribution in [0.15, 0.2) is 0 Å². The third kappa shape index (κ3) is 4.50. The number of hydrogen-bond acceptors (Lipinski definition) is 3. The van der Waals surface area contributed by atoms with E-state index in [0.29, 0.717) is 6.54 Å². The summed E-state index contributed by atoms with van der Waals surface area (Å²) in [4.78, 5) is 0. The maximum absolute atomic E-state index is 12.1. The maximum Gasteiger partial charge on any atom is 0.279 e. The quantitative estimate of drug-likeness (QED) is 0.762. The average molecular weight is 277 g/mol. The van der Waals surface area contributed by atoms with Crippen molar-refractivity contribution in [2.45, 2.75) is 58.0 Å². The van der Waals surface area contributed by atoms with Gasteiger partial charge < -0.3 is 5.73 Å². The van der Waals surface area contributed by atoms with Crippen molar-refractivity contribution < 1.29 is 8.42 Å². The van der Waals surface area contributed by atoms with Crippen LogP contribution in [0.1, 0.15) is 46.0 Å². The molecule has 108 valence electrons. The molecule has 5 nitrogen and oxygen atoms in total. The van der Waals surface area contributed by atoms with Crippen LogP contribution in [-0.4, -0.2) is 38.4 Å². The van der Waals surface area contributed by atoms with Crippen LogP contribution in [0, 0.1) is 5.92 Å². The molecule has 0 amide bonds. The first-order valence-electron chi connectivity index (χ1n) is 6.83. The number of nitrogens with two attached hydrogens (primary N) is 1. The van der Waals surface area contributed by atoms with Crippen molar-refractivity contribution in [2.24, 2.45) is 11.7 Å². The highest BCUT2D eigenvalue weighted by molar-refractivity contribution is 7.87. The highest BCUT2D eigenvalue weighted by atomic mass is 32.2. The topological polar surface area (TPSA) is 75.4 Å². The lowest BCUT2D eigenvalue weighted by Crippen LogP contribution is -2.48. The van der Waals surface area contributed by atoms with Crippen molar-refractivity contribution >= 4 is 10.2 Å². The average Bonchev–Trinajstić information content (AvgIpc) is 2.36. The molecular weight excluding hydrogens is 250 g/mol. The summed E-state index contributed by atoms with van der Waals surface area (Å²) in [7, 11) is -1.72. The van der Waals surface area contributed by atoms with Gasteiger partial charge in [-0.2, -0.15) is 12.7 Å². The summed E-state index contributed by atoms with van der Waals surface area (Å²) in [6, 6.07) is 0.00561. The maximum atomic E-state index is 12.1. The van der Waals surface area contributed by atoms with Crippen molar-refractivity contribution in [2.75, 3.05) is 13.6 Å². The summed E-state index contributed by atoms with van der Waals surface area (Å²) in [5.74, 6) is 0.271. The predicted molar refractivity (Wildman–Crippen MR) is 74.4 cm³/mol. The van der Waals surface area contributed by atoms with Crippen LogP contribution < -0.4 is 10.5 Å². The van der Waals surface area contributed by atoms with Gasteiger partial charge in [-0.15, -0.1) is 0 Å². The molecule has 1 rings (SSSR count). The van der Waals surface area contributed by atoms with Crippen LogP contribution in [-0.2, 0) is 10.2 Å². The smallest absolute Gasteiger partial charge is 0.279 e. The molecule has 0 aromatic carbocycles. The van der Waals surface area contributed by atoms with Crippen LogP contribution in [0.5, 0.6) is 0 Å². The standard InChI is InChI=1S/C12H27N3O2S/c1-10(2)12(13)9-14-18(16,17)15(3)11-7-5-4-6-8-11/h10-12,14H,4-9,13H2,1-3H3. The van der Waals surface area contributed by atoms with Gasteiger partial charge in [0.2, 0.25) is 0 Å². The minimum atomic E-state index is -3.39. The van der Waals surface area contributed by atoms with E-state index in [2.05, 4.69) is 4.72 Å². The first-order valence-corrected chi connectivity index (χ1v) is 8.27. The molecular formula is C12H27N3O2S. The normalized spacial score (nSPS) is 20.6. The molecule has 0 aliphatic heterocycles. The molecule has 0 saturated heterocycles. The SMILES string of the molecule is CC(C)C(N)CNS(=O)(=O)N(C)C1CCCCC1. The fourth-order valence-corrected chi connectivity index (χ4v) is 3.39. The number of nitrogens with one attached hydrogen (secondary N) is 1. The first kappa shape index (κ1) is 15.9. The Morgan fingerprint density at radius 3 is 2.33 bits per heavy atom. The second kappa shape index (κ2) is 6.84. The van der Waals surface area contributed by atoms with Gasteiger partial charge in [-0.3, -0.25) is 0 Å². The molecule has 0 radical (unpaired) electrons. The summed E-state index contributed by atoms with van der Waals surface area (Å²) >= 11 is 0. The summed E-state index contributed by atoms with van der Waals surface area (Å²) in [6.45, 7) is 4.28. The van der Waals surface area contributed by atoms with E-state index in [9.17, 15) is 8.42 Å². The zero-order valence-electron chi connectivity index (χ0n) is 11.7. The summed E-state index contributed by atoms with van der Waals surface area (Å²) in [5, 5.41) is 0. The second-order valence-corrected chi connectivity index (χ2v) is 7.38.